The first kappa shape index (κ1) is 8.60. The molecule has 1 aromatic heterocycles. The summed E-state index contributed by atoms with van der Waals surface area (Å²) in [5, 5.41) is 5.23. The van der Waals surface area contributed by atoms with Crippen molar-refractivity contribution >= 4 is 23.2 Å². The number of rotatable bonds is 1. The van der Waals surface area contributed by atoms with Crippen molar-refractivity contribution in [2.45, 2.75) is 0 Å². The molecule has 13 heavy (non-hydrogen) atoms. The quantitative estimate of drug-likeness (QED) is 0.710. The van der Waals surface area contributed by atoms with Crippen molar-refractivity contribution in [1.29, 1.82) is 0 Å². The van der Waals surface area contributed by atoms with Crippen LogP contribution in [0.3, 0.4) is 0 Å². The van der Waals surface area contributed by atoms with Gasteiger partial charge < -0.3 is 0 Å². The molecule has 0 saturated carbocycles. The van der Waals surface area contributed by atoms with Crippen LogP contribution in [0.2, 0.25) is 10.0 Å². The van der Waals surface area contributed by atoms with E-state index in [0.717, 1.165) is 5.69 Å². The predicted molar refractivity (Wildman–Crippen MR) is 52.4 cm³/mol. The Morgan fingerprint density at radius 2 is 2.15 bits per heavy atom. The van der Waals surface area contributed by atoms with E-state index in [1.807, 2.05) is 6.07 Å². The molecule has 0 spiro atoms. The maximum Gasteiger partial charge on any atom is 0.0790 e. The summed E-state index contributed by atoms with van der Waals surface area (Å²) < 4.78 is 1.66. The monoisotopic (exact) mass is 211 g/mol. The smallest absolute Gasteiger partial charge is 0.0790 e. The zero-order valence-electron chi connectivity index (χ0n) is 6.54. The number of nitrogens with zero attached hydrogens (tertiary/aromatic N) is 2. The van der Waals surface area contributed by atoms with Gasteiger partial charge in [0, 0.05) is 17.3 Å². The molecule has 0 aliphatic rings. The average molecular weight is 212 g/mol. The van der Waals surface area contributed by atoms with Gasteiger partial charge in [-0.3, -0.25) is 0 Å². The standard InChI is InChI=1S/C9H5Cl2N2/c10-7-1-3-9(4-2-7)13-6-8(11)5-12-13/h1,3-6H. The van der Waals surface area contributed by atoms with Crippen LogP contribution in [0, 0.1) is 6.07 Å². The molecule has 0 atom stereocenters. The number of benzene rings is 1. The maximum absolute atomic E-state index is 5.72. The number of hydrogen-bond donors (Lipinski definition) is 0. The minimum atomic E-state index is 0.585. The lowest BCUT2D eigenvalue weighted by atomic mass is 10.3. The Labute approximate surface area is 85.7 Å². The summed E-state index contributed by atoms with van der Waals surface area (Å²) in [4.78, 5) is 0. The second-order valence-electron chi connectivity index (χ2n) is 2.50. The van der Waals surface area contributed by atoms with E-state index in [1.165, 1.54) is 0 Å². The minimum absolute atomic E-state index is 0.585. The van der Waals surface area contributed by atoms with Gasteiger partial charge in [-0.2, -0.15) is 5.10 Å². The minimum Gasteiger partial charge on any atom is -0.239 e. The fourth-order valence-corrected chi connectivity index (χ4v) is 1.24. The van der Waals surface area contributed by atoms with Gasteiger partial charge in [0.25, 0.3) is 0 Å². The molecule has 1 radical (unpaired) electrons. The normalized spacial score (nSPS) is 10.3. The zero-order valence-corrected chi connectivity index (χ0v) is 8.05. The highest BCUT2D eigenvalue weighted by molar-refractivity contribution is 6.30. The topological polar surface area (TPSA) is 17.8 Å². The Bertz CT molecular complexity index is 406. The first-order chi connectivity index (χ1) is 6.25. The fourth-order valence-electron chi connectivity index (χ4n) is 0.982. The lowest BCUT2D eigenvalue weighted by Crippen LogP contribution is -1.92. The summed E-state index contributed by atoms with van der Waals surface area (Å²) in [6.45, 7) is 0. The zero-order chi connectivity index (χ0) is 9.26. The molecule has 1 aromatic carbocycles. The van der Waals surface area contributed by atoms with Crippen molar-refractivity contribution in [3.05, 3.63) is 46.7 Å². The Kier molecular flexibility index (Phi) is 2.25. The van der Waals surface area contributed by atoms with Crippen LogP contribution in [0.1, 0.15) is 0 Å². The lowest BCUT2D eigenvalue weighted by Gasteiger charge is -1.99. The van der Waals surface area contributed by atoms with Crippen LogP contribution in [0.15, 0.2) is 30.6 Å². The van der Waals surface area contributed by atoms with Crippen molar-refractivity contribution < 1.29 is 0 Å². The van der Waals surface area contributed by atoms with Crippen LogP contribution >= 0.6 is 23.2 Å². The van der Waals surface area contributed by atoms with Crippen LogP contribution < -0.4 is 0 Å². The summed E-state index contributed by atoms with van der Waals surface area (Å²) in [6, 6.07) is 8.23. The molecule has 2 rings (SSSR count). The highest BCUT2D eigenvalue weighted by atomic mass is 35.5. The van der Waals surface area contributed by atoms with Crippen molar-refractivity contribution in [1.82, 2.24) is 9.78 Å². The van der Waals surface area contributed by atoms with Gasteiger partial charge in [0.2, 0.25) is 0 Å². The van der Waals surface area contributed by atoms with Gasteiger partial charge >= 0.3 is 0 Å². The van der Waals surface area contributed by atoms with E-state index in [0.29, 0.717) is 10.0 Å². The van der Waals surface area contributed by atoms with E-state index in [2.05, 4.69) is 11.2 Å². The third-order valence-corrected chi connectivity index (χ3v) is 2.00. The van der Waals surface area contributed by atoms with Crippen molar-refractivity contribution in [2.24, 2.45) is 0 Å². The van der Waals surface area contributed by atoms with Gasteiger partial charge in [-0.25, -0.2) is 4.68 Å². The van der Waals surface area contributed by atoms with Crippen LogP contribution in [0.25, 0.3) is 5.69 Å². The first-order valence-electron chi connectivity index (χ1n) is 3.63. The van der Waals surface area contributed by atoms with Gasteiger partial charge in [0.15, 0.2) is 0 Å². The Morgan fingerprint density at radius 1 is 1.31 bits per heavy atom. The molecule has 2 aromatic rings. The molecule has 0 bridgehead atoms. The molecule has 0 aliphatic carbocycles. The fraction of sp³-hybridized carbons (Fsp3) is 0. The summed E-state index contributed by atoms with van der Waals surface area (Å²) in [5.41, 5.74) is 0.885. The molecule has 0 N–H and O–H groups in total. The molecule has 0 aliphatic heterocycles. The molecular formula is C9H5Cl2N2. The van der Waals surface area contributed by atoms with E-state index < -0.39 is 0 Å². The number of aromatic nitrogens is 2. The summed E-state index contributed by atoms with van der Waals surface area (Å²) in [5.74, 6) is 0. The molecule has 0 unspecified atom stereocenters. The van der Waals surface area contributed by atoms with Gasteiger partial charge in [-0.05, 0) is 18.2 Å². The molecule has 0 fully saturated rings. The van der Waals surface area contributed by atoms with E-state index in [9.17, 15) is 0 Å². The van der Waals surface area contributed by atoms with Crippen molar-refractivity contribution in [2.75, 3.05) is 0 Å². The third-order valence-electron chi connectivity index (χ3n) is 1.57. The predicted octanol–water partition coefficient (Wildman–Crippen LogP) is 2.98. The van der Waals surface area contributed by atoms with Gasteiger partial charge in [0.05, 0.1) is 16.9 Å². The average Bonchev–Trinajstić information content (AvgIpc) is 2.53. The molecular weight excluding hydrogens is 207 g/mol. The summed E-state index contributed by atoms with van der Waals surface area (Å²) in [7, 11) is 0. The summed E-state index contributed by atoms with van der Waals surface area (Å²) >= 11 is 11.4. The van der Waals surface area contributed by atoms with E-state index in [4.69, 9.17) is 23.2 Å². The Hall–Kier alpha value is -0.990. The van der Waals surface area contributed by atoms with E-state index in [-0.39, 0.29) is 0 Å². The Morgan fingerprint density at radius 3 is 2.69 bits per heavy atom. The number of hydrogen-bond acceptors (Lipinski definition) is 1. The van der Waals surface area contributed by atoms with Crippen LogP contribution in [0.4, 0.5) is 0 Å². The van der Waals surface area contributed by atoms with Crippen molar-refractivity contribution in [3.8, 4) is 5.69 Å². The third kappa shape index (κ3) is 1.85. The second kappa shape index (κ2) is 3.40. The van der Waals surface area contributed by atoms with Crippen molar-refractivity contribution in [3.63, 3.8) is 0 Å². The molecule has 65 valence electrons. The summed E-state index contributed by atoms with van der Waals surface area (Å²) in [6.07, 6.45) is 3.30. The highest BCUT2D eigenvalue weighted by Gasteiger charge is 1.98. The SMILES string of the molecule is Clc1[c]cc(-n2cc(Cl)cn2)cc1. The van der Waals surface area contributed by atoms with Gasteiger partial charge in [0.1, 0.15) is 0 Å². The molecule has 0 amide bonds. The maximum atomic E-state index is 5.72. The van der Waals surface area contributed by atoms with Gasteiger partial charge in [-0.1, -0.05) is 23.2 Å². The molecule has 2 nitrogen and oxygen atoms in total. The van der Waals surface area contributed by atoms with E-state index in [1.54, 1.807) is 29.2 Å². The highest BCUT2D eigenvalue weighted by Crippen LogP contribution is 2.14. The molecule has 0 saturated heterocycles. The Balaban J connectivity index is 2.41. The van der Waals surface area contributed by atoms with Crippen LogP contribution in [-0.2, 0) is 0 Å². The van der Waals surface area contributed by atoms with E-state index >= 15 is 0 Å². The van der Waals surface area contributed by atoms with Crippen LogP contribution in [0.5, 0.6) is 0 Å². The first-order valence-corrected chi connectivity index (χ1v) is 4.39. The second-order valence-corrected chi connectivity index (χ2v) is 3.34. The lowest BCUT2D eigenvalue weighted by molar-refractivity contribution is 0.880. The largest absolute Gasteiger partial charge is 0.239 e. The number of halogens is 2. The van der Waals surface area contributed by atoms with Gasteiger partial charge in [-0.15, -0.1) is 0 Å². The molecule has 1 heterocycles. The molecule has 4 heteroatoms. The van der Waals surface area contributed by atoms with Crippen LogP contribution in [-0.4, -0.2) is 9.78 Å².